The van der Waals surface area contributed by atoms with E-state index in [2.05, 4.69) is 15.4 Å². The van der Waals surface area contributed by atoms with Crippen LogP contribution in [0.25, 0.3) is 10.6 Å². The van der Waals surface area contributed by atoms with Gasteiger partial charge < -0.3 is 10.1 Å². The Morgan fingerprint density at radius 3 is 2.72 bits per heavy atom. The number of aromatic nitrogens is 3. The molecule has 1 aliphatic heterocycles. The van der Waals surface area contributed by atoms with E-state index < -0.39 is 23.7 Å². The molecule has 2 aliphatic rings. The minimum Gasteiger partial charge on any atom is -0.369 e. The highest BCUT2D eigenvalue weighted by Crippen LogP contribution is 2.41. The van der Waals surface area contributed by atoms with E-state index in [1.807, 2.05) is 4.68 Å². The highest BCUT2D eigenvalue weighted by atomic mass is 32.1. The van der Waals surface area contributed by atoms with Crippen LogP contribution < -0.4 is 5.32 Å². The maximum atomic E-state index is 14.1. The Morgan fingerprint density at radius 1 is 1.19 bits per heavy atom. The quantitative estimate of drug-likeness (QED) is 0.547. The molecule has 1 amide bonds. The molecule has 1 aliphatic carbocycles. The van der Waals surface area contributed by atoms with Crippen LogP contribution in [-0.2, 0) is 4.74 Å². The number of carbonyl (C=O) groups excluding carboxylic acids is 1. The number of carbonyl (C=O) groups is 1. The van der Waals surface area contributed by atoms with Gasteiger partial charge in [0, 0.05) is 5.38 Å². The summed E-state index contributed by atoms with van der Waals surface area (Å²) in [5.41, 5.74) is 0.996. The van der Waals surface area contributed by atoms with Gasteiger partial charge in [-0.05, 0) is 44.2 Å². The topological polar surface area (TPSA) is 69.0 Å². The van der Waals surface area contributed by atoms with Crippen molar-refractivity contribution in [3.8, 4) is 10.6 Å². The molecule has 1 N–H and O–H groups in total. The fourth-order valence-corrected chi connectivity index (χ4v) is 4.75. The number of halogens is 3. The number of hydrogen-bond acceptors (Lipinski definition) is 5. The molecule has 0 spiro atoms. The Bertz CT molecular complexity index is 1120. The van der Waals surface area contributed by atoms with Crippen molar-refractivity contribution in [1.82, 2.24) is 14.8 Å². The van der Waals surface area contributed by atoms with Gasteiger partial charge in [-0.15, -0.1) is 11.3 Å². The molecule has 10 heteroatoms. The van der Waals surface area contributed by atoms with Crippen LogP contribution in [0.4, 0.5) is 18.9 Å². The van der Waals surface area contributed by atoms with Gasteiger partial charge in [-0.1, -0.05) is 6.07 Å². The molecule has 3 heterocycles. The summed E-state index contributed by atoms with van der Waals surface area (Å²) in [6.07, 6.45) is 3.94. The third kappa shape index (κ3) is 4.16. The SMILES string of the molecule is O=C(Nc1cnn(C2CC2)c1[C@H]1CCC[C@@H](F)CO1)c1csc(-c2c(F)cccc2F)n1. The fourth-order valence-electron chi connectivity index (χ4n) is 3.91. The van der Waals surface area contributed by atoms with Gasteiger partial charge in [-0.25, -0.2) is 18.2 Å². The Hall–Kier alpha value is -2.72. The number of alkyl halides is 1. The van der Waals surface area contributed by atoms with Crippen LogP contribution in [0.15, 0.2) is 29.8 Å². The molecule has 0 bridgehead atoms. The number of nitrogens with zero attached hydrogens (tertiary/aromatic N) is 3. The van der Waals surface area contributed by atoms with Crippen molar-refractivity contribution in [2.24, 2.45) is 0 Å². The first kappa shape index (κ1) is 21.1. The lowest BCUT2D eigenvalue weighted by Crippen LogP contribution is -2.18. The molecular formula is C22H21F3N4O2S. The van der Waals surface area contributed by atoms with Crippen molar-refractivity contribution in [1.29, 1.82) is 0 Å². The Balaban J connectivity index is 1.40. The van der Waals surface area contributed by atoms with Gasteiger partial charge in [0.05, 0.1) is 35.8 Å². The number of amides is 1. The zero-order chi connectivity index (χ0) is 22.2. The lowest BCUT2D eigenvalue weighted by atomic mass is 10.1. The first-order valence-electron chi connectivity index (χ1n) is 10.6. The smallest absolute Gasteiger partial charge is 0.275 e. The summed E-state index contributed by atoms with van der Waals surface area (Å²) in [7, 11) is 0. The summed E-state index contributed by atoms with van der Waals surface area (Å²) in [5.74, 6) is -2.00. The number of benzene rings is 1. The molecule has 5 rings (SSSR count). The predicted molar refractivity (Wildman–Crippen MR) is 113 cm³/mol. The van der Waals surface area contributed by atoms with Crippen LogP contribution >= 0.6 is 11.3 Å². The van der Waals surface area contributed by atoms with Crippen LogP contribution in [0.3, 0.4) is 0 Å². The van der Waals surface area contributed by atoms with Crippen LogP contribution in [0, 0.1) is 11.6 Å². The van der Waals surface area contributed by atoms with E-state index in [4.69, 9.17) is 4.74 Å². The van der Waals surface area contributed by atoms with E-state index in [-0.39, 0.29) is 35.0 Å². The van der Waals surface area contributed by atoms with E-state index in [9.17, 15) is 18.0 Å². The van der Waals surface area contributed by atoms with E-state index >= 15 is 0 Å². The van der Waals surface area contributed by atoms with E-state index in [1.165, 1.54) is 11.4 Å². The highest BCUT2D eigenvalue weighted by molar-refractivity contribution is 7.13. The summed E-state index contributed by atoms with van der Waals surface area (Å²) in [4.78, 5) is 17.0. The van der Waals surface area contributed by atoms with E-state index in [0.29, 0.717) is 24.9 Å². The van der Waals surface area contributed by atoms with Crippen molar-refractivity contribution in [2.75, 3.05) is 11.9 Å². The molecule has 32 heavy (non-hydrogen) atoms. The molecule has 0 radical (unpaired) electrons. The third-order valence-corrected chi connectivity index (χ3v) is 6.52. The van der Waals surface area contributed by atoms with Gasteiger partial charge in [-0.2, -0.15) is 5.10 Å². The van der Waals surface area contributed by atoms with E-state index in [0.717, 1.165) is 42.0 Å². The van der Waals surface area contributed by atoms with Crippen molar-refractivity contribution in [3.05, 3.63) is 52.8 Å². The summed E-state index contributed by atoms with van der Waals surface area (Å²) in [6, 6.07) is 3.81. The van der Waals surface area contributed by atoms with Crippen LogP contribution in [0.1, 0.15) is 60.4 Å². The van der Waals surface area contributed by atoms with Gasteiger partial charge in [0.1, 0.15) is 34.6 Å². The van der Waals surface area contributed by atoms with Crippen LogP contribution in [-0.4, -0.2) is 33.5 Å². The Kier molecular flexibility index (Phi) is 5.73. The zero-order valence-corrected chi connectivity index (χ0v) is 17.9. The van der Waals surface area contributed by atoms with Crippen molar-refractivity contribution < 1.29 is 22.7 Å². The molecule has 1 aromatic carbocycles. The molecule has 6 nitrogen and oxygen atoms in total. The largest absolute Gasteiger partial charge is 0.369 e. The number of rotatable bonds is 5. The van der Waals surface area contributed by atoms with Crippen LogP contribution in [0.2, 0.25) is 0 Å². The lowest BCUT2D eigenvalue weighted by molar-refractivity contribution is 0.0259. The van der Waals surface area contributed by atoms with Gasteiger partial charge in [0.15, 0.2) is 0 Å². The predicted octanol–water partition coefficient (Wildman–Crippen LogP) is 5.45. The van der Waals surface area contributed by atoms with Crippen molar-refractivity contribution >= 4 is 22.9 Å². The molecule has 2 atom stereocenters. The van der Waals surface area contributed by atoms with Gasteiger partial charge in [0.2, 0.25) is 0 Å². The van der Waals surface area contributed by atoms with Crippen molar-refractivity contribution in [2.45, 2.75) is 50.4 Å². The first-order chi connectivity index (χ1) is 15.5. The molecule has 1 saturated carbocycles. The third-order valence-electron chi connectivity index (χ3n) is 5.66. The second kappa shape index (κ2) is 8.67. The van der Waals surface area contributed by atoms with Gasteiger partial charge in [0.25, 0.3) is 5.91 Å². The number of ether oxygens (including phenoxy) is 1. The molecule has 2 aromatic heterocycles. The maximum Gasteiger partial charge on any atom is 0.275 e. The Labute approximate surface area is 186 Å². The Morgan fingerprint density at radius 2 is 1.97 bits per heavy atom. The zero-order valence-electron chi connectivity index (χ0n) is 17.1. The number of thiazole rings is 1. The summed E-state index contributed by atoms with van der Waals surface area (Å²) >= 11 is 0.986. The highest BCUT2D eigenvalue weighted by Gasteiger charge is 2.33. The second-order valence-electron chi connectivity index (χ2n) is 8.06. The van der Waals surface area contributed by atoms with E-state index in [1.54, 1.807) is 6.20 Å². The fraction of sp³-hybridized carbons (Fsp3) is 0.409. The number of anilines is 1. The van der Waals surface area contributed by atoms with Crippen molar-refractivity contribution in [3.63, 3.8) is 0 Å². The lowest BCUT2D eigenvalue weighted by Gasteiger charge is -2.19. The molecule has 1 saturated heterocycles. The minimum absolute atomic E-state index is 0.0115. The van der Waals surface area contributed by atoms with Gasteiger partial charge >= 0.3 is 0 Å². The molecule has 3 aromatic rings. The molecule has 0 unspecified atom stereocenters. The monoisotopic (exact) mass is 462 g/mol. The maximum absolute atomic E-state index is 14.1. The average Bonchev–Trinajstić information content (AvgIpc) is 3.42. The molecule has 168 valence electrons. The number of hydrogen-bond donors (Lipinski definition) is 1. The molecule has 2 fully saturated rings. The summed E-state index contributed by atoms with van der Waals surface area (Å²) < 4.78 is 49.6. The second-order valence-corrected chi connectivity index (χ2v) is 8.92. The number of nitrogens with one attached hydrogen (secondary N) is 1. The van der Waals surface area contributed by atoms with Gasteiger partial charge in [-0.3, -0.25) is 9.48 Å². The normalized spacial score (nSPS) is 21.3. The van der Waals surface area contributed by atoms with Crippen LogP contribution in [0.5, 0.6) is 0 Å². The average molecular weight is 462 g/mol. The standard InChI is InChI=1S/C22H21F3N4O2S/c23-12-3-1-6-18(31-10-12)20-16(9-26-29(20)13-7-8-13)27-21(30)17-11-32-22(28-17)19-14(24)4-2-5-15(19)25/h2,4-5,9,11-13,18H,1,3,6-8,10H2,(H,27,30)/t12-,18-/m1/s1. The summed E-state index contributed by atoms with van der Waals surface area (Å²) in [6.45, 7) is 0.0115. The first-order valence-corrected chi connectivity index (χ1v) is 11.4. The molecular weight excluding hydrogens is 441 g/mol. The minimum atomic E-state index is -0.998. The summed E-state index contributed by atoms with van der Waals surface area (Å²) in [5, 5.41) is 8.79.